The summed E-state index contributed by atoms with van der Waals surface area (Å²) in [5.41, 5.74) is -0.950. The molecule has 1 aliphatic carbocycles. The van der Waals surface area contributed by atoms with Gasteiger partial charge >= 0.3 is 5.97 Å². The number of rotatable bonds is 4. The highest BCUT2D eigenvalue weighted by atomic mass is 16.4. The smallest absolute Gasteiger partial charge is 0.307 e. The lowest BCUT2D eigenvalue weighted by atomic mass is 9.61. The number of aliphatic carboxylic acids is 1. The largest absolute Gasteiger partial charge is 0.481 e. The highest BCUT2D eigenvalue weighted by molar-refractivity contribution is 5.71. The highest BCUT2D eigenvalue weighted by Crippen LogP contribution is 2.45. The Kier molecular flexibility index (Phi) is 4.44. The van der Waals surface area contributed by atoms with E-state index in [1.54, 1.807) is 13.8 Å². The molecule has 4 nitrogen and oxygen atoms in total. The van der Waals surface area contributed by atoms with Crippen molar-refractivity contribution in [2.24, 2.45) is 17.3 Å². The number of nitrogens with one attached hydrogen (secondary N) is 1. The van der Waals surface area contributed by atoms with Crippen LogP contribution in [0.25, 0.3) is 0 Å². The summed E-state index contributed by atoms with van der Waals surface area (Å²) in [5, 5.41) is 22.4. The lowest BCUT2D eigenvalue weighted by Gasteiger charge is -2.47. The van der Waals surface area contributed by atoms with Gasteiger partial charge in [-0.2, -0.15) is 0 Å². The molecule has 1 aliphatic rings. The van der Waals surface area contributed by atoms with Crippen LogP contribution in [0.4, 0.5) is 0 Å². The normalized spacial score (nSPS) is 32.2. The minimum Gasteiger partial charge on any atom is -0.481 e. The summed E-state index contributed by atoms with van der Waals surface area (Å²) in [4.78, 5) is 11.3. The maximum absolute atomic E-state index is 11.3. The number of carbonyl (C=O) groups is 1. The van der Waals surface area contributed by atoms with Gasteiger partial charge in [-0.1, -0.05) is 20.8 Å². The van der Waals surface area contributed by atoms with Crippen LogP contribution in [0.3, 0.4) is 0 Å². The molecule has 3 unspecified atom stereocenters. The molecular weight excluding hydrogens is 230 g/mol. The molecule has 106 valence electrons. The predicted molar refractivity (Wildman–Crippen MR) is 71.4 cm³/mol. The van der Waals surface area contributed by atoms with E-state index >= 15 is 0 Å². The van der Waals surface area contributed by atoms with Gasteiger partial charge in [0.05, 0.1) is 11.5 Å². The molecule has 0 aromatic rings. The average molecular weight is 257 g/mol. The Balaban J connectivity index is 2.69. The number of carboxylic acid groups (broad SMARTS) is 1. The van der Waals surface area contributed by atoms with Crippen LogP contribution in [0.2, 0.25) is 0 Å². The summed E-state index contributed by atoms with van der Waals surface area (Å²) in [6.07, 6.45) is 1.56. The predicted octanol–water partition coefficient (Wildman–Crippen LogP) is 1.87. The van der Waals surface area contributed by atoms with Crippen molar-refractivity contribution in [3.8, 4) is 0 Å². The highest BCUT2D eigenvalue weighted by Gasteiger charge is 2.46. The Hall–Kier alpha value is -0.610. The van der Waals surface area contributed by atoms with Gasteiger partial charge in [-0.15, -0.1) is 0 Å². The van der Waals surface area contributed by atoms with Gasteiger partial charge in [0.15, 0.2) is 0 Å². The van der Waals surface area contributed by atoms with Gasteiger partial charge in [0.2, 0.25) is 0 Å². The molecule has 0 aliphatic heterocycles. The molecule has 0 spiro atoms. The van der Waals surface area contributed by atoms with Crippen LogP contribution in [0.15, 0.2) is 0 Å². The van der Waals surface area contributed by atoms with E-state index in [9.17, 15) is 15.0 Å². The standard InChI is InChI=1S/C14H27NO3/c1-9-11(15-8-13(2,3)18)7-6-10(12(16)17)14(9,4)5/h9-11,15,18H,6-8H2,1-5H3,(H,16,17). The summed E-state index contributed by atoms with van der Waals surface area (Å²) >= 11 is 0. The first kappa shape index (κ1) is 15.4. The molecule has 0 heterocycles. The van der Waals surface area contributed by atoms with Crippen molar-refractivity contribution in [2.75, 3.05) is 6.54 Å². The zero-order chi connectivity index (χ0) is 14.1. The zero-order valence-electron chi connectivity index (χ0n) is 12.2. The van der Waals surface area contributed by atoms with Crippen LogP contribution >= 0.6 is 0 Å². The Morgan fingerprint density at radius 2 is 1.94 bits per heavy atom. The molecule has 0 radical (unpaired) electrons. The fourth-order valence-electron chi connectivity index (χ4n) is 2.91. The van der Waals surface area contributed by atoms with E-state index in [1.165, 1.54) is 0 Å². The van der Waals surface area contributed by atoms with Gasteiger partial charge in [0.25, 0.3) is 0 Å². The Morgan fingerprint density at radius 3 is 2.39 bits per heavy atom. The second-order valence-electron chi connectivity index (χ2n) is 6.88. The second kappa shape index (κ2) is 5.17. The van der Waals surface area contributed by atoms with Crippen molar-refractivity contribution in [1.82, 2.24) is 5.32 Å². The monoisotopic (exact) mass is 257 g/mol. The molecule has 0 amide bonds. The van der Waals surface area contributed by atoms with Crippen LogP contribution in [0.5, 0.6) is 0 Å². The van der Waals surface area contributed by atoms with Gasteiger partial charge < -0.3 is 15.5 Å². The molecule has 1 rings (SSSR count). The van der Waals surface area contributed by atoms with Crippen molar-refractivity contribution >= 4 is 5.97 Å². The van der Waals surface area contributed by atoms with Gasteiger partial charge in [0.1, 0.15) is 0 Å². The second-order valence-corrected chi connectivity index (χ2v) is 6.88. The van der Waals surface area contributed by atoms with Crippen LogP contribution in [-0.2, 0) is 4.79 Å². The van der Waals surface area contributed by atoms with E-state index in [2.05, 4.69) is 12.2 Å². The lowest BCUT2D eigenvalue weighted by molar-refractivity contribution is -0.150. The first-order chi connectivity index (χ1) is 8.05. The van der Waals surface area contributed by atoms with Gasteiger partial charge in [-0.05, 0) is 38.0 Å². The number of carboxylic acids is 1. The summed E-state index contributed by atoms with van der Waals surface area (Å²) < 4.78 is 0. The van der Waals surface area contributed by atoms with Crippen LogP contribution in [0, 0.1) is 17.3 Å². The van der Waals surface area contributed by atoms with Crippen LogP contribution in [0.1, 0.15) is 47.5 Å². The molecule has 1 saturated carbocycles. The third-order valence-electron chi connectivity index (χ3n) is 4.54. The van der Waals surface area contributed by atoms with E-state index in [-0.39, 0.29) is 23.3 Å². The van der Waals surface area contributed by atoms with Crippen molar-refractivity contribution < 1.29 is 15.0 Å². The minimum absolute atomic E-state index is 0.221. The molecule has 18 heavy (non-hydrogen) atoms. The summed E-state index contributed by atoms with van der Waals surface area (Å²) in [6.45, 7) is 10.3. The molecular formula is C14H27NO3. The summed E-state index contributed by atoms with van der Waals surface area (Å²) in [7, 11) is 0. The number of hydrogen-bond donors (Lipinski definition) is 3. The molecule has 0 aromatic heterocycles. The van der Waals surface area contributed by atoms with Crippen molar-refractivity contribution in [2.45, 2.75) is 59.1 Å². The third kappa shape index (κ3) is 3.45. The molecule has 0 saturated heterocycles. The maximum Gasteiger partial charge on any atom is 0.307 e. The van der Waals surface area contributed by atoms with E-state index in [1.807, 2.05) is 13.8 Å². The quantitative estimate of drug-likeness (QED) is 0.719. The molecule has 3 atom stereocenters. The summed E-state index contributed by atoms with van der Waals surface area (Å²) in [5.74, 6) is -0.685. The van der Waals surface area contributed by atoms with Crippen LogP contribution in [-0.4, -0.2) is 34.4 Å². The first-order valence-corrected chi connectivity index (χ1v) is 6.74. The third-order valence-corrected chi connectivity index (χ3v) is 4.54. The number of aliphatic hydroxyl groups is 1. The van der Waals surface area contributed by atoms with Gasteiger partial charge in [-0.3, -0.25) is 4.79 Å². The Bertz CT molecular complexity index is 307. The van der Waals surface area contributed by atoms with Gasteiger partial charge in [0, 0.05) is 12.6 Å². The molecule has 3 N–H and O–H groups in total. The van der Waals surface area contributed by atoms with Crippen molar-refractivity contribution in [1.29, 1.82) is 0 Å². The SMILES string of the molecule is CC1C(NCC(C)(C)O)CCC(C(=O)O)C1(C)C. The molecule has 0 aromatic carbocycles. The molecule has 1 fully saturated rings. The fraction of sp³-hybridized carbons (Fsp3) is 0.929. The van der Waals surface area contributed by atoms with E-state index in [0.29, 0.717) is 13.0 Å². The molecule has 0 bridgehead atoms. The van der Waals surface area contributed by atoms with Gasteiger partial charge in [-0.25, -0.2) is 0 Å². The lowest BCUT2D eigenvalue weighted by Crippen LogP contribution is -2.53. The van der Waals surface area contributed by atoms with Crippen molar-refractivity contribution in [3.63, 3.8) is 0 Å². The molecule has 4 heteroatoms. The fourth-order valence-corrected chi connectivity index (χ4v) is 2.91. The first-order valence-electron chi connectivity index (χ1n) is 6.74. The maximum atomic E-state index is 11.3. The minimum atomic E-state index is -0.729. The Labute approximate surface area is 110 Å². The van der Waals surface area contributed by atoms with E-state index in [0.717, 1.165) is 6.42 Å². The zero-order valence-corrected chi connectivity index (χ0v) is 12.2. The Morgan fingerprint density at radius 1 is 1.39 bits per heavy atom. The van der Waals surface area contributed by atoms with E-state index in [4.69, 9.17) is 0 Å². The number of hydrogen-bond acceptors (Lipinski definition) is 3. The average Bonchev–Trinajstić information content (AvgIpc) is 2.18. The van der Waals surface area contributed by atoms with E-state index < -0.39 is 11.6 Å². The van der Waals surface area contributed by atoms with Crippen LogP contribution < -0.4 is 5.32 Å². The van der Waals surface area contributed by atoms with Crippen molar-refractivity contribution in [3.05, 3.63) is 0 Å². The summed E-state index contributed by atoms with van der Waals surface area (Å²) in [6, 6.07) is 0.280. The topological polar surface area (TPSA) is 69.6 Å².